The van der Waals surface area contributed by atoms with Crippen LogP contribution in [-0.4, -0.2) is 69.2 Å². The van der Waals surface area contributed by atoms with Crippen molar-refractivity contribution in [2.45, 2.75) is 59.8 Å². The van der Waals surface area contributed by atoms with Crippen LogP contribution in [-0.2, 0) is 14.8 Å². The van der Waals surface area contributed by atoms with Crippen LogP contribution in [0.15, 0.2) is 28.2 Å². The lowest BCUT2D eigenvalue weighted by atomic mass is 9.95. The summed E-state index contributed by atoms with van der Waals surface area (Å²) >= 11 is 0. The number of nitrogens with one attached hydrogen (secondary N) is 1. The summed E-state index contributed by atoms with van der Waals surface area (Å²) in [7, 11) is -3.73. The van der Waals surface area contributed by atoms with Gasteiger partial charge in [-0.1, -0.05) is 25.1 Å². The Balaban J connectivity index is 1.29. The van der Waals surface area contributed by atoms with E-state index in [1.54, 1.807) is 0 Å². The van der Waals surface area contributed by atoms with Gasteiger partial charge in [0.2, 0.25) is 5.91 Å². The van der Waals surface area contributed by atoms with Crippen LogP contribution in [0.5, 0.6) is 0 Å². The molecule has 0 aliphatic carbocycles. The number of sulfonamides is 1. The highest BCUT2D eigenvalue weighted by atomic mass is 32.2. The van der Waals surface area contributed by atoms with Gasteiger partial charge in [-0.25, -0.2) is 0 Å². The molecule has 3 aliphatic rings. The smallest absolute Gasteiger partial charge is 0.285 e. The molecule has 0 bridgehead atoms. The van der Waals surface area contributed by atoms with Gasteiger partial charge in [0.15, 0.2) is 0 Å². The number of hydrogen-bond donors (Lipinski definition) is 1. The quantitative estimate of drug-likeness (QED) is 0.602. The highest BCUT2D eigenvalue weighted by Crippen LogP contribution is 2.35. The van der Waals surface area contributed by atoms with Crippen LogP contribution in [0.3, 0.4) is 0 Å². The Bertz CT molecular complexity index is 1120. The van der Waals surface area contributed by atoms with Crippen LogP contribution in [0.2, 0.25) is 0 Å². The first-order valence-corrected chi connectivity index (χ1v) is 14.5. The summed E-state index contributed by atoms with van der Waals surface area (Å²) in [6.45, 7) is 13.5. The van der Waals surface area contributed by atoms with Crippen molar-refractivity contribution in [2.75, 3.05) is 39.3 Å². The zero-order valence-corrected chi connectivity index (χ0v) is 22.5. The minimum absolute atomic E-state index is 0.0247. The number of aryl methyl sites for hydroxylation is 2. The van der Waals surface area contributed by atoms with Gasteiger partial charge in [-0.3, -0.25) is 4.79 Å². The molecule has 2 fully saturated rings. The predicted molar refractivity (Wildman–Crippen MR) is 142 cm³/mol. The number of likely N-dealkylation sites (tertiary alicyclic amines) is 2. The molecule has 0 radical (unpaired) electrons. The van der Waals surface area contributed by atoms with E-state index in [1.165, 1.54) is 25.9 Å². The van der Waals surface area contributed by atoms with Gasteiger partial charge in [-0.15, -0.1) is 4.40 Å². The molecule has 1 amide bonds. The van der Waals surface area contributed by atoms with Crippen LogP contribution in [0, 0.1) is 25.7 Å². The summed E-state index contributed by atoms with van der Waals surface area (Å²) in [5.41, 5.74) is 3.58. The molecule has 1 N–H and O–H groups in total. The van der Waals surface area contributed by atoms with Gasteiger partial charge < -0.3 is 15.1 Å². The van der Waals surface area contributed by atoms with Gasteiger partial charge in [-0.05, 0) is 88.6 Å². The van der Waals surface area contributed by atoms with Gasteiger partial charge in [0, 0.05) is 37.7 Å². The summed E-state index contributed by atoms with van der Waals surface area (Å²) < 4.78 is 30.0. The number of amides is 1. The highest BCUT2D eigenvalue weighted by Gasteiger charge is 2.35. The number of nitrogens with zero attached hydrogens (tertiary/aromatic N) is 3. The fraction of sp³-hybridized carbons (Fsp3) is 0.630. The Morgan fingerprint density at radius 3 is 2.51 bits per heavy atom. The molecule has 0 aromatic heterocycles. The second-order valence-corrected chi connectivity index (χ2v) is 12.1. The Kier molecular flexibility index (Phi) is 8.01. The van der Waals surface area contributed by atoms with Crippen LogP contribution < -0.4 is 5.32 Å². The molecule has 1 unspecified atom stereocenters. The largest absolute Gasteiger partial charge is 0.356 e. The van der Waals surface area contributed by atoms with Crippen LogP contribution >= 0.6 is 0 Å². The van der Waals surface area contributed by atoms with Crippen molar-refractivity contribution in [3.8, 4) is 0 Å². The third-order valence-electron chi connectivity index (χ3n) is 7.77. The standard InChI is InChI=1S/C27H40N4O3S/c1-19-7-5-13-30(18-19)14-6-12-28-27(32)23-10-15-31(16-11-23)26-22(4)25(35(33,34)29-26)24-9-8-20(2)21(3)17-24/h8-9,17,19,23H,5-7,10-16,18H2,1-4H3,(H,28,32). The Hall–Kier alpha value is -2.19. The second-order valence-electron chi connectivity index (χ2n) is 10.6. The number of amidine groups is 1. The van der Waals surface area contributed by atoms with E-state index in [-0.39, 0.29) is 11.8 Å². The molecule has 35 heavy (non-hydrogen) atoms. The Morgan fingerprint density at radius 2 is 1.83 bits per heavy atom. The van der Waals surface area contributed by atoms with Gasteiger partial charge >= 0.3 is 0 Å². The first kappa shape index (κ1) is 25.9. The van der Waals surface area contributed by atoms with Crippen molar-refractivity contribution in [2.24, 2.45) is 16.2 Å². The fourth-order valence-corrected chi connectivity index (χ4v) is 7.04. The third kappa shape index (κ3) is 5.97. The molecule has 8 heteroatoms. The molecule has 1 atom stereocenters. The lowest BCUT2D eigenvalue weighted by Gasteiger charge is -2.33. The Labute approximate surface area is 210 Å². The first-order chi connectivity index (χ1) is 16.7. The van der Waals surface area contributed by atoms with E-state index >= 15 is 0 Å². The maximum absolute atomic E-state index is 12.9. The van der Waals surface area contributed by atoms with Crippen molar-refractivity contribution in [1.82, 2.24) is 15.1 Å². The van der Waals surface area contributed by atoms with E-state index in [2.05, 4.69) is 21.5 Å². The average molecular weight is 501 g/mol. The number of carbonyl (C=O) groups is 1. The number of hydrogen-bond acceptors (Lipinski definition) is 5. The van der Waals surface area contributed by atoms with Crippen LogP contribution in [0.4, 0.5) is 0 Å². The average Bonchev–Trinajstić information content (AvgIpc) is 3.07. The molecule has 192 valence electrons. The molecule has 0 saturated carbocycles. The summed E-state index contributed by atoms with van der Waals surface area (Å²) in [6.07, 6.45) is 5.00. The topological polar surface area (TPSA) is 82.1 Å². The van der Waals surface area contributed by atoms with Crippen LogP contribution in [0.25, 0.3) is 4.91 Å². The van der Waals surface area contributed by atoms with Crippen molar-refractivity contribution >= 4 is 26.7 Å². The van der Waals surface area contributed by atoms with E-state index in [0.717, 1.165) is 36.6 Å². The minimum atomic E-state index is -3.73. The summed E-state index contributed by atoms with van der Waals surface area (Å²) in [5.74, 6) is 1.41. The SMILES string of the molecule is CC1=C(c2ccc(C)c(C)c2)S(=O)(=O)N=C1N1CCC(C(=O)NCCCN2CCCC(C)C2)CC1. The summed E-state index contributed by atoms with van der Waals surface area (Å²) in [5, 5.41) is 3.13. The molecular formula is C27H40N4O3S. The highest BCUT2D eigenvalue weighted by molar-refractivity contribution is 8.00. The second kappa shape index (κ2) is 10.8. The molecule has 1 aromatic rings. The van der Waals surface area contributed by atoms with E-state index in [1.807, 2.05) is 43.9 Å². The molecule has 1 aromatic carbocycles. The van der Waals surface area contributed by atoms with Gasteiger partial charge in [0.25, 0.3) is 10.0 Å². The van der Waals surface area contributed by atoms with Crippen molar-refractivity contribution in [3.63, 3.8) is 0 Å². The molecule has 3 heterocycles. The lowest BCUT2D eigenvalue weighted by Crippen LogP contribution is -2.43. The lowest BCUT2D eigenvalue weighted by molar-refractivity contribution is -0.126. The summed E-state index contributed by atoms with van der Waals surface area (Å²) in [6, 6.07) is 5.74. The maximum atomic E-state index is 12.9. The molecule has 7 nitrogen and oxygen atoms in total. The molecule has 4 rings (SSSR count). The zero-order valence-electron chi connectivity index (χ0n) is 21.6. The molecule has 3 aliphatic heterocycles. The van der Waals surface area contributed by atoms with Gasteiger partial charge in [0.05, 0.1) is 0 Å². The van der Waals surface area contributed by atoms with Crippen molar-refractivity contribution < 1.29 is 13.2 Å². The van der Waals surface area contributed by atoms with Crippen molar-refractivity contribution in [1.29, 1.82) is 0 Å². The predicted octanol–water partition coefficient (Wildman–Crippen LogP) is 3.73. The van der Waals surface area contributed by atoms with E-state index in [0.29, 0.717) is 47.8 Å². The number of benzene rings is 1. The van der Waals surface area contributed by atoms with Gasteiger partial charge in [-0.2, -0.15) is 8.42 Å². The third-order valence-corrected chi connectivity index (χ3v) is 9.24. The van der Waals surface area contributed by atoms with E-state index in [9.17, 15) is 13.2 Å². The molecule has 0 spiro atoms. The van der Waals surface area contributed by atoms with Gasteiger partial charge in [0.1, 0.15) is 10.7 Å². The zero-order chi connectivity index (χ0) is 25.2. The molecular weight excluding hydrogens is 460 g/mol. The number of carbonyl (C=O) groups excluding carboxylic acids is 1. The van der Waals surface area contributed by atoms with Crippen LogP contribution in [0.1, 0.15) is 62.6 Å². The number of rotatable bonds is 6. The molecule has 2 saturated heterocycles. The van der Waals surface area contributed by atoms with E-state index in [4.69, 9.17) is 0 Å². The number of piperidine rings is 2. The summed E-state index contributed by atoms with van der Waals surface area (Å²) in [4.78, 5) is 17.6. The monoisotopic (exact) mass is 500 g/mol. The Morgan fingerprint density at radius 1 is 1.09 bits per heavy atom. The fourth-order valence-electron chi connectivity index (χ4n) is 5.57. The minimum Gasteiger partial charge on any atom is -0.356 e. The van der Waals surface area contributed by atoms with Crippen molar-refractivity contribution in [3.05, 3.63) is 40.5 Å². The normalized spacial score (nSPS) is 23.5. The maximum Gasteiger partial charge on any atom is 0.285 e. The van der Waals surface area contributed by atoms with E-state index < -0.39 is 10.0 Å². The first-order valence-electron chi connectivity index (χ1n) is 13.0.